The number of carbonyl (C=O) groups excluding carboxylic acids is 1. The van der Waals surface area contributed by atoms with Crippen LogP contribution in [0.5, 0.6) is 0 Å². The average molecular weight is 161 g/mol. The third kappa shape index (κ3) is 1.80. The summed E-state index contributed by atoms with van der Waals surface area (Å²) in [6.07, 6.45) is 1.54. The highest BCUT2D eigenvalue weighted by molar-refractivity contribution is 5.76. The summed E-state index contributed by atoms with van der Waals surface area (Å²) in [6.45, 7) is 0. The largest absolute Gasteiger partial charge is 0.369 e. The zero-order valence-corrected chi connectivity index (χ0v) is 6.32. The smallest absolute Gasteiger partial charge is 0.223 e. The molecule has 12 heavy (non-hydrogen) atoms. The standard InChI is InChI=1S/C8H7N3O/c9-5-6-2-1-3-11-7(6)4-8(10)12/h1-3H,4H2,(H2,10,12). The van der Waals surface area contributed by atoms with Gasteiger partial charge in [-0.05, 0) is 12.1 Å². The van der Waals surface area contributed by atoms with Gasteiger partial charge in [-0.25, -0.2) is 0 Å². The van der Waals surface area contributed by atoms with Crippen molar-refractivity contribution in [3.05, 3.63) is 29.6 Å². The molecule has 0 saturated heterocycles. The number of nitrogens with two attached hydrogens (primary N) is 1. The molecule has 0 fully saturated rings. The van der Waals surface area contributed by atoms with Gasteiger partial charge < -0.3 is 5.73 Å². The zero-order valence-electron chi connectivity index (χ0n) is 6.32. The Morgan fingerprint density at radius 3 is 3.08 bits per heavy atom. The fourth-order valence-electron chi connectivity index (χ4n) is 0.846. The molecule has 0 aliphatic heterocycles. The molecule has 4 nitrogen and oxygen atoms in total. The van der Waals surface area contributed by atoms with Gasteiger partial charge in [-0.2, -0.15) is 5.26 Å². The molecule has 1 aromatic heterocycles. The molecular weight excluding hydrogens is 154 g/mol. The van der Waals surface area contributed by atoms with Crippen LogP contribution in [0.4, 0.5) is 0 Å². The summed E-state index contributed by atoms with van der Waals surface area (Å²) >= 11 is 0. The minimum absolute atomic E-state index is 0.0176. The quantitative estimate of drug-likeness (QED) is 0.662. The Balaban J connectivity index is 2.99. The molecule has 2 N–H and O–H groups in total. The maximum atomic E-state index is 10.5. The van der Waals surface area contributed by atoms with Gasteiger partial charge in [0.25, 0.3) is 0 Å². The summed E-state index contributed by atoms with van der Waals surface area (Å²) in [7, 11) is 0. The SMILES string of the molecule is N#Cc1cccnc1CC(N)=O. The lowest BCUT2D eigenvalue weighted by Gasteiger charge is -1.97. The number of nitrogens with zero attached hydrogens (tertiary/aromatic N) is 2. The van der Waals surface area contributed by atoms with Crippen LogP contribution in [0, 0.1) is 11.3 Å². The highest BCUT2D eigenvalue weighted by Crippen LogP contribution is 2.03. The van der Waals surface area contributed by atoms with Gasteiger partial charge in [0.1, 0.15) is 6.07 Å². The van der Waals surface area contributed by atoms with Crippen molar-refractivity contribution in [2.24, 2.45) is 5.73 Å². The van der Waals surface area contributed by atoms with Gasteiger partial charge in [0, 0.05) is 6.20 Å². The van der Waals surface area contributed by atoms with Crippen LogP contribution >= 0.6 is 0 Å². The highest BCUT2D eigenvalue weighted by Gasteiger charge is 2.04. The van der Waals surface area contributed by atoms with E-state index in [1.165, 1.54) is 6.20 Å². The van der Waals surface area contributed by atoms with E-state index >= 15 is 0 Å². The van der Waals surface area contributed by atoms with Crippen molar-refractivity contribution in [1.29, 1.82) is 5.26 Å². The number of carbonyl (C=O) groups is 1. The minimum Gasteiger partial charge on any atom is -0.369 e. The number of primary amides is 1. The maximum Gasteiger partial charge on any atom is 0.223 e. The molecule has 1 amide bonds. The van der Waals surface area contributed by atoms with Gasteiger partial charge in [0.15, 0.2) is 0 Å². The average Bonchev–Trinajstić information content (AvgIpc) is 2.04. The fourth-order valence-corrected chi connectivity index (χ4v) is 0.846. The number of hydrogen-bond donors (Lipinski definition) is 1. The predicted molar refractivity (Wildman–Crippen MR) is 41.9 cm³/mol. The molecule has 0 aromatic carbocycles. The van der Waals surface area contributed by atoms with Crippen molar-refractivity contribution in [3.8, 4) is 6.07 Å². The molecule has 0 unspecified atom stereocenters. The van der Waals surface area contributed by atoms with E-state index in [4.69, 9.17) is 11.0 Å². The fraction of sp³-hybridized carbons (Fsp3) is 0.125. The first-order chi connectivity index (χ1) is 5.74. The number of hydrogen-bond acceptors (Lipinski definition) is 3. The van der Waals surface area contributed by atoms with Gasteiger partial charge >= 0.3 is 0 Å². The van der Waals surface area contributed by atoms with Crippen molar-refractivity contribution in [2.45, 2.75) is 6.42 Å². The summed E-state index contributed by atoms with van der Waals surface area (Å²) < 4.78 is 0. The summed E-state index contributed by atoms with van der Waals surface area (Å²) in [5.74, 6) is -0.481. The number of aromatic nitrogens is 1. The van der Waals surface area contributed by atoms with E-state index in [2.05, 4.69) is 4.98 Å². The van der Waals surface area contributed by atoms with Crippen LogP contribution in [0.25, 0.3) is 0 Å². The molecule has 4 heteroatoms. The lowest BCUT2D eigenvalue weighted by Crippen LogP contribution is -2.15. The van der Waals surface area contributed by atoms with Crippen molar-refractivity contribution < 1.29 is 4.79 Å². The second-order valence-corrected chi connectivity index (χ2v) is 2.25. The lowest BCUT2D eigenvalue weighted by molar-refractivity contribution is -0.117. The molecule has 1 aromatic rings. The van der Waals surface area contributed by atoms with E-state index in [1.807, 2.05) is 6.07 Å². The van der Waals surface area contributed by atoms with Crippen LogP contribution in [0.3, 0.4) is 0 Å². The third-order valence-electron chi connectivity index (χ3n) is 1.35. The molecule has 1 rings (SSSR count). The molecule has 0 aliphatic rings. The Kier molecular flexibility index (Phi) is 2.38. The summed E-state index contributed by atoms with van der Waals surface area (Å²) in [5.41, 5.74) is 5.80. The molecule has 0 atom stereocenters. The van der Waals surface area contributed by atoms with Crippen LogP contribution in [-0.2, 0) is 11.2 Å². The van der Waals surface area contributed by atoms with Crippen molar-refractivity contribution in [1.82, 2.24) is 4.98 Å². The Hall–Kier alpha value is -1.89. The Morgan fingerprint density at radius 1 is 1.75 bits per heavy atom. The Bertz CT molecular complexity index is 340. The second kappa shape index (κ2) is 3.49. The van der Waals surface area contributed by atoms with E-state index in [1.54, 1.807) is 12.1 Å². The molecular formula is C8H7N3O. The molecule has 1 heterocycles. The topological polar surface area (TPSA) is 79.8 Å². The van der Waals surface area contributed by atoms with Crippen LogP contribution in [0.1, 0.15) is 11.3 Å². The number of pyridine rings is 1. The van der Waals surface area contributed by atoms with Gasteiger partial charge in [0.05, 0.1) is 17.7 Å². The summed E-state index contributed by atoms with van der Waals surface area (Å²) in [5, 5.41) is 8.59. The van der Waals surface area contributed by atoms with Crippen LogP contribution in [0.15, 0.2) is 18.3 Å². The maximum absolute atomic E-state index is 10.5. The van der Waals surface area contributed by atoms with E-state index in [9.17, 15) is 4.79 Å². The minimum atomic E-state index is -0.481. The molecule has 0 spiro atoms. The third-order valence-corrected chi connectivity index (χ3v) is 1.35. The highest BCUT2D eigenvalue weighted by atomic mass is 16.1. The monoisotopic (exact) mass is 161 g/mol. The Morgan fingerprint density at radius 2 is 2.50 bits per heavy atom. The van der Waals surface area contributed by atoms with Crippen LogP contribution < -0.4 is 5.73 Å². The normalized spacial score (nSPS) is 8.92. The molecule has 0 saturated carbocycles. The summed E-state index contributed by atoms with van der Waals surface area (Å²) in [4.78, 5) is 14.4. The molecule has 60 valence electrons. The molecule has 0 radical (unpaired) electrons. The van der Waals surface area contributed by atoms with Crippen molar-refractivity contribution in [2.75, 3.05) is 0 Å². The first-order valence-corrected chi connectivity index (χ1v) is 3.36. The van der Waals surface area contributed by atoms with Gasteiger partial charge in [-0.3, -0.25) is 9.78 Å². The van der Waals surface area contributed by atoms with Crippen molar-refractivity contribution >= 4 is 5.91 Å². The Labute approximate surface area is 69.6 Å². The predicted octanol–water partition coefficient (Wildman–Crippen LogP) is -0.0189. The summed E-state index contributed by atoms with van der Waals surface area (Å²) in [6, 6.07) is 5.18. The van der Waals surface area contributed by atoms with E-state index in [0.717, 1.165) is 0 Å². The second-order valence-electron chi connectivity index (χ2n) is 2.25. The zero-order chi connectivity index (χ0) is 8.97. The number of rotatable bonds is 2. The van der Waals surface area contributed by atoms with Crippen molar-refractivity contribution in [3.63, 3.8) is 0 Å². The van der Waals surface area contributed by atoms with Gasteiger partial charge in [0.2, 0.25) is 5.91 Å². The van der Waals surface area contributed by atoms with E-state index in [-0.39, 0.29) is 6.42 Å². The van der Waals surface area contributed by atoms with Gasteiger partial charge in [-0.15, -0.1) is 0 Å². The van der Waals surface area contributed by atoms with Gasteiger partial charge in [-0.1, -0.05) is 0 Å². The number of amides is 1. The van der Waals surface area contributed by atoms with Crippen LogP contribution in [0.2, 0.25) is 0 Å². The molecule has 0 aliphatic carbocycles. The lowest BCUT2D eigenvalue weighted by atomic mass is 10.1. The first-order valence-electron chi connectivity index (χ1n) is 3.36. The first kappa shape index (κ1) is 8.21. The van der Waals surface area contributed by atoms with E-state index < -0.39 is 5.91 Å². The molecule has 0 bridgehead atoms. The van der Waals surface area contributed by atoms with Crippen LogP contribution in [-0.4, -0.2) is 10.9 Å². The number of nitriles is 1. The van der Waals surface area contributed by atoms with E-state index in [0.29, 0.717) is 11.3 Å².